The molecule has 1 aromatic heterocycles. The van der Waals surface area contributed by atoms with Crippen LogP contribution in [0.3, 0.4) is 0 Å². The fraction of sp³-hybridized carbons (Fsp3) is 0.375. The Bertz CT molecular complexity index is 678. The van der Waals surface area contributed by atoms with Gasteiger partial charge in [-0.1, -0.05) is 31.2 Å². The summed E-state index contributed by atoms with van der Waals surface area (Å²) in [6.45, 7) is 3.70. The maximum Gasteiger partial charge on any atom is 0.393 e. The van der Waals surface area contributed by atoms with Gasteiger partial charge in [-0.05, 0) is 30.4 Å². The molecule has 0 atom stereocenters. The van der Waals surface area contributed by atoms with E-state index in [-0.39, 0.29) is 22.7 Å². The molecular formula is C16H16F3NO2S. The lowest BCUT2D eigenvalue weighted by atomic mass is 10.0. The Hall–Kier alpha value is -1.89. The van der Waals surface area contributed by atoms with Crippen LogP contribution in [0.2, 0.25) is 0 Å². The van der Waals surface area contributed by atoms with Gasteiger partial charge in [-0.3, -0.25) is 0 Å². The molecule has 0 aliphatic rings. The minimum absolute atomic E-state index is 0.0848. The Morgan fingerprint density at radius 1 is 1.22 bits per heavy atom. The number of rotatable bonds is 5. The number of carbonyl (C=O) groups is 1. The van der Waals surface area contributed by atoms with Crippen molar-refractivity contribution in [2.24, 2.45) is 0 Å². The Labute approximate surface area is 136 Å². The van der Waals surface area contributed by atoms with Crippen LogP contribution in [0.15, 0.2) is 24.3 Å². The second-order valence-corrected chi connectivity index (χ2v) is 5.75. The number of halogens is 3. The number of hydrogen-bond acceptors (Lipinski definition) is 4. The van der Waals surface area contributed by atoms with Crippen LogP contribution in [0, 0.1) is 0 Å². The summed E-state index contributed by atoms with van der Waals surface area (Å²) in [7, 11) is 0. The lowest BCUT2D eigenvalue weighted by molar-refractivity contribution is -0.126. The molecule has 2 aromatic rings. The van der Waals surface area contributed by atoms with Crippen molar-refractivity contribution in [3.63, 3.8) is 0 Å². The van der Waals surface area contributed by atoms with E-state index in [2.05, 4.69) is 4.37 Å². The second kappa shape index (κ2) is 7.12. The van der Waals surface area contributed by atoms with Crippen molar-refractivity contribution in [3.8, 4) is 11.3 Å². The first-order valence-corrected chi connectivity index (χ1v) is 7.94. The summed E-state index contributed by atoms with van der Waals surface area (Å²) in [6, 6.07) is 7.25. The van der Waals surface area contributed by atoms with Crippen LogP contribution in [0.5, 0.6) is 0 Å². The number of benzene rings is 1. The van der Waals surface area contributed by atoms with Gasteiger partial charge in [0.1, 0.15) is 5.56 Å². The van der Waals surface area contributed by atoms with Crippen LogP contribution in [0.1, 0.15) is 34.6 Å². The third kappa shape index (κ3) is 4.31. The summed E-state index contributed by atoms with van der Waals surface area (Å²) in [5.41, 5.74) is 1.86. The summed E-state index contributed by atoms with van der Waals surface area (Å²) in [5.74, 6) is -0.768. The second-order valence-electron chi connectivity index (χ2n) is 4.89. The van der Waals surface area contributed by atoms with Crippen molar-refractivity contribution >= 4 is 17.5 Å². The van der Waals surface area contributed by atoms with Crippen molar-refractivity contribution in [2.75, 3.05) is 6.61 Å². The first-order valence-electron chi connectivity index (χ1n) is 7.17. The molecule has 7 heteroatoms. The Morgan fingerprint density at radius 2 is 1.87 bits per heavy atom. The molecule has 0 aliphatic carbocycles. The van der Waals surface area contributed by atoms with Crippen LogP contribution < -0.4 is 0 Å². The molecule has 0 N–H and O–H groups in total. The number of hydrogen-bond donors (Lipinski definition) is 0. The van der Waals surface area contributed by atoms with Crippen LogP contribution in [-0.4, -0.2) is 23.1 Å². The quantitative estimate of drug-likeness (QED) is 0.742. The number of carbonyl (C=O) groups excluding carboxylic acids is 1. The van der Waals surface area contributed by atoms with E-state index < -0.39 is 18.6 Å². The molecule has 1 heterocycles. The summed E-state index contributed by atoms with van der Waals surface area (Å²) in [5, 5.41) is 0. The van der Waals surface area contributed by atoms with Gasteiger partial charge >= 0.3 is 12.1 Å². The zero-order valence-corrected chi connectivity index (χ0v) is 13.6. The summed E-state index contributed by atoms with van der Waals surface area (Å²) < 4.78 is 47.1. The van der Waals surface area contributed by atoms with Crippen molar-refractivity contribution in [1.82, 2.24) is 4.37 Å². The van der Waals surface area contributed by atoms with Crippen molar-refractivity contribution < 1.29 is 22.7 Å². The zero-order chi connectivity index (χ0) is 17.0. The molecule has 0 unspecified atom stereocenters. The molecule has 124 valence electrons. The van der Waals surface area contributed by atoms with E-state index in [1.807, 2.05) is 19.1 Å². The first-order chi connectivity index (χ1) is 10.9. The van der Waals surface area contributed by atoms with Crippen molar-refractivity contribution in [1.29, 1.82) is 0 Å². The molecule has 1 aromatic carbocycles. The predicted molar refractivity (Wildman–Crippen MR) is 82.6 cm³/mol. The van der Waals surface area contributed by atoms with Crippen molar-refractivity contribution in [3.05, 3.63) is 40.3 Å². The average molecular weight is 343 g/mol. The summed E-state index contributed by atoms with van der Waals surface area (Å²) in [6.07, 6.45) is -4.75. The molecule has 0 bridgehead atoms. The monoisotopic (exact) mass is 343 g/mol. The minimum atomic E-state index is -4.41. The van der Waals surface area contributed by atoms with Gasteiger partial charge in [0.2, 0.25) is 0 Å². The molecule has 0 fully saturated rings. The number of alkyl halides is 3. The standard InChI is InChI=1S/C16H16F3NO2S/c1-3-10-5-7-11(8-6-10)14-13(15(21)22-4-2)12(23-20-14)9-16(17,18)19/h5-8H,3-4,9H2,1-2H3. The van der Waals surface area contributed by atoms with E-state index in [0.29, 0.717) is 17.1 Å². The highest BCUT2D eigenvalue weighted by Gasteiger charge is 2.33. The fourth-order valence-corrected chi connectivity index (χ4v) is 3.03. The number of aryl methyl sites for hydroxylation is 1. The molecule has 3 nitrogen and oxygen atoms in total. The average Bonchev–Trinajstić information content (AvgIpc) is 2.89. The lowest BCUT2D eigenvalue weighted by Crippen LogP contribution is -2.14. The summed E-state index contributed by atoms with van der Waals surface area (Å²) >= 11 is 0.691. The summed E-state index contributed by atoms with van der Waals surface area (Å²) in [4.78, 5) is 12.0. The third-order valence-corrected chi connectivity index (χ3v) is 4.08. The van der Waals surface area contributed by atoms with Gasteiger partial charge in [-0.25, -0.2) is 4.79 Å². The van der Waals surface area contributed by atoms with E-state index >= 15 is 0 Å². The van der Waals surface area contributed by atoms with Gasteiger partial charge < -0.3 is 4.74 Å². The van der Waals surface area contributed by atoms with Crippen LogP contribution >= 0.6 is 11.5 Å². The molecule has 0 saturated carbocycles. The smallest absolute Gasteiger partial charge is 0.393 e. The van der Waals surface area contributed by atoms with E-state index in [9.17, 15) is 18.0 Å². The highest BCUT2D eigenvalue weighted by atomic mass is 32.1. The Balaban J connectivity index is 2.47. The number of aromatic nitrogens is 1. The molecule has 0 amide bonds. The number of esters is 1. The van der Waals surface area contributed by atoms with Gasteiger partial charge in [0.25, 0.3) is 0 Å². The third-order valence-electron chi connectivity index (χ3n) is 3.24. The van der Waals surface area contributed by atoms with Gasteiger partial charge in [0.15, 0.2) is 0 Å². The molecular weight excluding hydrogens is 327 g/mol. The highest BCUT2D eigenvalue weighted by Crippen LogP contribution is 2.33. The SMILES string of the molecule is CCOC(=O)c1c(-c2ccc(CC)cc2)nsc1CC(F)(F)F. The molecule has 2 rings (SSSR count). The van der Waals surface area contributed by atoms with E-state index in [4.69, 9.17) is 4.74 Å². The van der Waals surface area contributed by atoms with Gasteiger partial charge in [0.05, 0.1) is 18.7 Å². The Morgan fingerprint density at radius 3 is 2.39 bits per heavy atom. The minimum Gasteiger partial charge on any atom is -0.462 e. The van der Waals surface area contributed by atoms with Crippen LogP contribution in [0.25, 0.3) is 11.3 Å². The topological polar surface area (TPSA) is 39.2 Å². The Kier molecular flexibility index (Phi) is 5.41. The molecule has 0 aliphatic heterocycles. The zero-order valence-electron chi connectivity index (χ0n) is 12.7. The molecule has 0 spiro atoms. The van der Waals surface area contributed by atoms with Gasteiger partial charge in [-0.15, -0.1) is 0 Å². The van der Waals surface area contributed by atoms with Crippen LogP contribution in [-0.2, 0) is 17.6 Å². The fourth-order valence-electron chi connectivity index (χ4n) is 2.14. The largest absolute Gasteiger partial charge is 0.462 e. The van der Waals surface area contributed by atoms with Gasteiger partial charge in [-0.2, -0.15) is 17.5 Å². The first kappa shape index (κ1) is 17.5. The number of ether oxygens (including phenoxy) is 1. The molecule has 0 radical (unpaired) electrons. The van der Waals surface area contributed by atoms with Crippen molar-refractivity contribution in [2.45, 2.75) is 32.9 Å². The molecule has 23 heavy (non-hydrogen) atoms. The number of nitrogens with zero attached hydrogens (tertiary/aromatic N) is 1. The van der Waals surface area contributed by atoms with Crippen LogP contribution in [0.4, 0.5) is 13.2 Å². The van der Waals surface area contributed by atoms with Gasteiger partial charge in [0, 0.05) is 10.4 Å². The maximum absolute atomic E-state index is 12.7. The lowest BCUT2D eigenvalue weighted by Gasteiger charge is -2.08. The maximum atomic E-state index is 12.7. The van der Waals surface area contributed by atoms with E-state index in [1.54, 1.807) is 19.1 Å². The normalized spacial score (nSPS) is 11.5. The van der Waals surface area contributed by atoms with E-state index in [1.165, 1.54) is 0 Å². The highest BCUT2D eigenvalue weighted by molar-refractivity contribution is 7.06. The predicted octanol–water partition coefficient (Wildman–Crippen LogP) is 4.65. The van der Waals surface area contributed by atoms with E-state index in [0.717, 1.165) is 12.0 Å². The molecule has 0 saturated heterocycles.